The zero-order chi connectivity index (χ0) is 19.9. The number of anilines is 1. The third-order valence-corrected chi connectivity index (χ3v) is 5.48. The molecule has 0 radical (unpaired) electrons. The molecule has 2 aromatic carbocycles. The van der Waals surface area contributed by atoms with Crippen LogP contribution in [0.15, 0.2) is 53.4 Å². The predicted molar refractivity (Wildman–Crippen MR) is 106 cm³/mol. The molecule has 0 saturated carbocycles. The topological polar surface area (TPSA) is 84.5 Å². The van der Waals surface area contributed by atoms with Gasteiger partial charge in [0.1, 0.15) is 5.75 Å². The van der Waals surface area contributed by atoms with E-state index < -0.39 is 16.1 Å². The highest BCUT2D eigenvalue weighted by molar-refractivity contribution is 7.89. The minimum absolute atomic E-state index is 0.164. The molecule has 1 amide bonds. The molecule has 27 heavy (non-hydrogen) atoms. The van der Waals surface area contributed by atoms with E-state index in [0.717, 1.165) is 5.56 Å². The van der Waals surface area contributed by atoms with Crippen LogP contribution < -0.4 is 14.8 Å². The third-order valence-electron chi connectivity index (χ3n) is 4.00. The Morgan fingerprint density at radius 1 is 1.07 bits per heavy atom. The van der Waals surface area contributed by atoms with Crippen LogP contribution in [0.4, 0.5) is 5.69 Å². The SMILES string of the molecule is CCCNS(=O)(=O)c1ccc(NC(=O)C(CC)Oc2ccccc2C)cc1. The maximum Gasteiger partial charge on any atom is 0.265 e. The van der Waals surface area contributed by atoms with Crippen molar-refractivity contribution in [3.8, 4) is 5.75 Å². The van der Waals surface area contributed by atoms with Gasteiger partial charge in [0.05, 0.1) is 4.90 Å². The molecule has 146 valence electrons. The first kappa shape index (κ1) is 20.9. The Bertz CT molecular complexity index is 864. The number of ether oxygens (including phenoxy) is 1. The summed E-state index contributed by atoms with van der Waals surface area (Å²) in [6, 6.07) is 13.6. The summed E-state index contributed by atoms with van der Waals surface area (Å²) >= 11 is 0. The Balaban J connectivity index is 2.05. The van der Waals surface area contributed by atoms with E-state index in [4.69, 9.17) is 4.74 Å². The third kappa shape index (κ3) is 5.80. The number of carbonyl (C=O) groups is 1. The summed E-state index contributed by atoms with van der Waals surface area (Å²) in [6.45, 7) is 6.07. The fourth-order valence-electron chi connectivity index (χ4n) is 2.42. The number of benzene rings is 2. The van der Waals surface area contributed by atoms with Crippen molar-refractivity contribution in [1.29, 1.82) is 0 Å². The van der Waals surface area contributed by atoms with E-state index in [-0.39, 0.29) is 10.8 Å². The van der Waals surface area contributed by atoms with Crippen LogP contribution in [0, 0.1) is 6.92 Å². The molecule has 1 atom stereocenters. The summed E-state index contributed by atoms with van der Waals surface area (Å²) in [7, 11) is -3.52. The van der Waals surface area contributed by atoms with Gasteiger partial charge >= 0.3 is 0 Å². The van der Waals surface area contributed by atoms with E-state index in [0.29, 0.717) is 30.8 Å². The Kier molecular flexibility index (Phi) is 7.38. The molecule has 0 heterocycles. The number of nitrogens with one attached hydrogen (secondary N) is 2. The Morgan fingerprint density at radius 2 is 1.74 bits per heavy atom. The average molecular weight is 391 g/mol. The molecule has 0 spiro atoms. The average Bonchev–Trinajstić information content (AvgIpc) is 2.66. The lowest BCUT2D eigenvalue weighted by Crippen LogP contribution is -2.32. The van der Waals surface area contributed by atoms with Crippen LogP contribution in [0.2, 0.25) is 0 Å². The first-order valence-corrected chi connectivity index (χ1v) is 10.5. The van der Waals surface area contributed by atoms with Crippen LogP contribution in [-0.2, 0) is 14.8 Å². The molecule has 0 fully saturated rings. The lowest BCUT2D eigenvalue weighted by Gasteiger charge is -2.18. The second-order valence-electron chi connectivity index (χ2n) is 6.19. The summed E-state index contributed by atoms with van der Waals surface area (Å²) in [4.78, 5) is 12.7. The molecule has 1 unspecified atom stereocenters. The van der Waals surface area contributed by atoms with Crippen molar-refractivity contribution < 1.29 is 17.9 Å². The molecule has 2 N–H and O–H groups in total. The number of hydrogen-bond acceptors (Lipinski definition) is 4. The molecule has 2 aromatic rings. The van der Waals surface area contributed by atoms with Gasteiger partial charge in [0.25, 0.3) is 5.91 Å². The number of para-hydroxylation sites is 1. The zero-order valence-electron chi connectivity index (χ0n) is 15.9. The maximum absolute atomic E-state index is 12.5. The Labute approximate surface area is 161 Å². The van der Waals surface area contributed by atoms with E-state index in [1.807, 2.05) is 45.0 Å². The normalized spacial score (nSPS) is 12.4. The molecule has 0 bridgehead atoms. The van der Waals surface area contributed by atoms with Crippen LogP contribution >= 0.6 is 0 Å². The molecule has 0 saturated heterocycles. The van der Waals surface area contributed by atoms with Gasteiger partial charge in [-0.3, -0.25) is 4.79 Å². The van der Waals surface area contributed by atoms with Crippen molar-refractivity contribution in [3.63, 3.8) is 0 Å². The highest BCUT2D eigenvalue weighted by atomic mass is 32.2. The molecule has 0 aliphatic heterocycles. The Morgan fingerprint density at radius 3 is 2.33 bits per heavy atom. The van der Waals surface area contributed by atoms with Crippen molar-refractivity contribution in [1.82, 2.24) is 4.72 Å². The van der Waals surface area contributed by atoms with Crippen molar-refractivity contribution in [3.05, 3.63) is 54.1 Å². The van der Waals surface area contributed by atoms with Crippen LogP contribution in [0.5, 0.6) is 5.75 Å². The molecule has 0 aliphatic carbocycles. The summed E-state index contributed by atoms with van der Waals surface area (Å²) < 4.78 is 32.5. The molecule has 0 aliphatic rings. The quantitative estimate of drug-likeness (QED) is 0.686. The predicted octanol–water partition coefficient (Wildman–Crippen LogP) is 3.48. The van der Waals surface area contributed by atoms with Gasteiger partial charge in [-0.15, -0.1) is 0 Å². The van der Waals surface area contributed by atoms with Crippen molar-refractivity contribution in [2.75, 3.05) is 11.9 Å². The largest absolute Gasteiger partial charge is 0.480 e. The van der Waals surface area contributed by atoms with Crippen LogP contribution in [0.1, 0.15) is 32.3 Å². The standard InChI is InChI=1S/C20H26N2O4S/c1-4-14-21-27(24,25)17-12-10-16(11-13-17)22-20(23)18(5-2)26-19-9-7-6-8-15(19)3/h6-13,18,21H,4-5,14H2,1-3H3,(H,22,23). The number of hydrogen-bond donors (Lipinski definition) is 2. The van der Waals surface area contributed by atoms with Crippen molar-refractivity contribution in [2.24, 2.45) is 0 Å². The number of sulfonamides is 1. The Hall–Kier alpha value is -2.38. The van der Waals surface area contributed by atoms with Crippen LogP contribution in [0.25, 0.3) is 0 Å². The highest BCUT2D eigenvalue weighted by Gasteiger charge is 2.20. The van der Waals surface area contributed by atoms with E-state index in [2.05, 4.69) is 10.0 Å². The van der Waals surface area contributed by atoms with E-state index in [9.17, 15) is 13.2 Å². The summed E-state index contributed by atoms with van der Waals surface area (Å²) in [5, 5.41) is 2.78. The molecule has 7 heteroatoms. The maximum atomic E-state index is 12.5. The van der Waals surface area contributed by atoms with Crippen molar-refractivity contribution in [2.45, 2.75) is 44.6 Å². The summed E-state index contributed by atoms with van der Waals surface area (Å²) in [6.07, 6.45) is 0.584. The van der Waals surface area contributed by atoms with Gasteiger partial charge < -0.3 is 10.1 Å². The van der Waals surface area contributed by atoms with Crippen molar-refractivity contribution >= 4 is 21.6 Å². The van der Waals surface area contributed by atoms with Gasteiger partial charge in [-0.25, -0.2) is 13.1 Å². The summed E-state index contributed by atoms with van der Waals surface area (Å²) in [5.74, 6) is 0.392. The molecule has 2 rings (SSSR count). The number of carbonyl (C=O) groups excluding carboxylic acids is 1. The minimum atomic E-state index is -3.52. The molecular weight excluding hydrogens is 364 g/mol. The van der Waals surface area contributed by atoms with Gasteiger partial charge in [0, 0.05) is 12.2 Å². The van der Waals surface area contributed by atoms with Gasteiger partial charge in [-0.2, -0.15) is 0 Å². The second-order valence-corrected chi connectivity index (χ2v) is 7.96. The fourth-order valence-corrected chi connectivity index (χ4v) is 3.56. The first-order chi connectivity index (χ1) is 12.9. The van der Waals surface area contributed by atoms with Gasteiger partial charge in [-0.1, -0.05) is 32.0 Å². The van der Waals surface area contributed by atoms with Gasteiger partial charge in [0.15, 0.2) is 6.10 Å². The lowest BCUT2D eigenvalue weighted by atomic mass is 10.2. The van der Waals surface area contributed by atoms with E-state index in [1.165, 1.54) is 12.1 Å². The van der Waals surface area contributed by atoms with E-state index >= 15 is 0 Å². The summed E-state index contributed by atoms with van der Waals surface area (Å²) in [5.41, 5.74) is 1.47. The number of rotatable bonds is 9. The van der Waals surface area contributed by atoms with Crippen LogP contribution in [0.3, 0.4) is 0 Å². The molecular formula is C20H26N2O4S. The van der Waals surface area contributed by atoms with E-state index in [1.54, 1.807) is 12.1 Å². The molecule has 0 aromatic heterocycles. The highest BCUT2D eigenvalue weighted by Crippen LogP contribution is 2.20. The monoisotopic (exact) mass is 390 g/mol. The van der Waals surface area contributed by atoms with Crippen LogP contribution in [-0.4, -0.2) is 27.0 Å². The lowest BCUT2D eigenvalue weighted by molar-refractivity contribution is -0.122. The molecule has 6 nitrogen and oxygen atoms in total. The zero-order valence-corrected chi connectivity index (χ0v) is 16.7. The first-order valence-electron chi connectivity index (χ1n) is 9.00. The second kappa shape index (κ2) is 9.53. The fraction of sp³-hybridized carbons (Fsp3) is 0.350. The smallest absolute Gasteiger partial charge is 0.265 e. The van der Waals surface area contributed by atoms with Gasteiger partial charge in [0.2, 0.25) is 10.0 Å². The number of amides is 1. The number of aryl methyl sites for hydroxylation is 1. The minimum Gasteiger partial charge on any atom is -0.480 e. The van der Waals surface area contributed by atoms with Gasteiger partial charge in [-0.05, 0) is 55.7 Å².